The first-order valence-corrected chi connectivity index (χ1v) is 4.77. The van der Waals surface area contributed by atoms with E-state index in [2.05, 4.69) is 10.3 Å². The number of nitrogens with zero attached hydrogens (tertiary/aromatic N) is 3. The van der Waals surface area contributed by atoms with E-state index >= 15 is 0 Å². The molecule has 1 rings (SSSR count). The highest BCUT2D eigenvalue weighted by Gasteiger charge is 2.17. The van der Waals surface area contributed by atoms with E-state index in [1.165, 1.54) is 7.11 Å². The standard InChI is InChI=1S/C9H15N3O3/c1-3-7(4-13)12-9(6-15-2)8(5-14)10-11-12/h5,7,13H,3-4,6H2,1-2H3. The fourth-order valence-corrected chi connectivity index (χ4v) is 1.37. The summed E-state index contributed by atoms with van der Waals surface area (Å²) in [4.78, 5) is 10.7. The molecule has 6 nitrogen and oxygen atoms in total. The van der Waals surface area contributed by atoms with E-state index in [1.807, 2.05) is 6.92 Å². The van der Waals surface area contributed by atoms with Crippen molar-refractivity contribution in [2.75, 3.05) is 13.7 Å². The van der Waals surface area contributed by atoms with Gasteiger partial charge in [-0.2, -0.15) is 0 Å². The third kappa shape index (κ3) is 2.40. The molecule has 1 atom stereocenters. The Morgan fingerprint density at radius 3 is 2.87 bits per heavy atom. The topological polar surface area (TPSA) is 77.2 Å². The van der Waals surface area contributed by atoms with Crippen molar-refractivity contribution in [1.82, 2.24) is 15.0 Å². The smallest absolute Gasteiger partial charge is 0.172 e. The van der Waals surface area contributed by atoms with Crippen LogP contribution in [-0.2, 0) is 11.3 Å². The van der Waals surface area contributed by atoms with Gasteiger partial charge in [-0.25, -0.2) is 4.68 Å². The molecule has 1 unspecified atom stereocenters. The zero-order valence-corrected chi connectivity index (χ0v) is 8.88. The fourth-order valence-electron chi connectivity index (χ4n) is 1.37. The molecule has 0 aliphatic heterocycles. The van der Waals surface area contributed by atoms with E-state index in [4.69, 9.17) is 9.84 Å². The summed E-state index contributed by atoms with van der Waals surface area (Å²) < 4.78 is 6.52. The summed E-state index contributed by atoms with van der Waals surface area (Å²) in [7, 11) is 1.53. The highest BCUT2D eigenvalue weighted by molar-refractivity contribution is 5.73. The lowest BCUT2D eigenvalue weighted by Gasteiger charge is -2.14. The van der Waals surface area contributed by atoms with Crippen LogP contribution in [0.25, 0.3) is 0 Å². The molecular formula is C9H15N3O3. The summed E-state index contributed by atoms with van der Waals surface area (Å²) in [6.45, 7) is 2.16. The first-order valence-electron chi connectivity index (χ1n) is 4.77. The number of aliphatic hydroxyl groups excluding tert-OH is 1. The number of carbonyl (C=O) groups excluding carboxylic acids is 1. The average molecular weight is 213 g/mol. The molecule has 0 saturated carbocycles. The van der Waals surface area contributed by atoms with Crippen molar-refractivity contribution in [2.24, 2.45) is 0 Å². The van der Waals surface area contributed by atoms with E-state index in [-0.39, 0.29) is 24.9 Å². The van der Waals surface area contributed by atoms with Crippen LogP contribution in [-0.4, -0.2) is 40.1 Å². The predicted molar refractivity (Wildman–Crippen MR) is 52.5 cm³/mol. The normalized spacial score (nSPS) is 12.7. The highest BCUT2D eigenvalue weighted by Crippen LogP contribution is 2.14. The average Bonchev–Trinajstić information content (AvgIpc) is 2.64. The Balaban J connectivity index is 3.05. The number of aromatic nitrogens is 3. The summed E-state index contributed by atoms with van der Waals surface area (Å²) in [5.41, 5.74) is 0.872. The minimum Gasteiger partial charge on any atom is -0.394 e. The van der Waals surface area contributed by atoms with Crippen molar-refractivity contribution >= 4 is 6.29 Å². The predicted octanol–water partition coefficient (Wildman–Crippen LogP) is 0.180. The molecule has 1 heterocycles. The van der Waals surface area contributed by atoms with E-state index in [1.54, 1.807) is 4.68 Å². The summed E-state index contributed by atoms with van der Waals surface area (Å²) in [6.07, 6.45) is 1.36. The minimum absolute atomic E-state index is 0.0329. The number of aliphatic hydroxyl groups is 1. The van der Waals surface area contributed by atoms with Gasteiger partial charge in [0.05, 0.1) is 24.9 Å². The summed E-state index contributed by atoms with van der Waals surface area (Å²) in [6, 6.07) is -0.156. The molecule has 0 aliphatic carbocycles. The molecule has 0 aliphatic rings. The van der Waals surface area contributed by atoms with Gasteiger partial charge in [0.1, 0.15) is 0 Å². The van der Waals surface area contributed by atoms with Gasteiger partial charge < -0.3 is 9.84 Å². The number of methoxy groups -OCH3 is 1. The van der Waals surface area contributed by atoms with Crippen LogP contribution in [0, 0.1) is 0 Å². The van der Waals surface area contributed by atoms with E-state index in [0.717, 1.165) is 6.42 Å². The monoisotopic (exact) mass is 213 g/mol. The summed E-state index contributed by atoms with van der Waals surface area (Å²) >= 11 is 0. The van der Waals surface area contributed by atoms with Gasteiger partial charge in [0, 0.05) is 7.11 Å². The first kappa shape index (κ1) is 11.8. The van der Waals surface area contributed by atoms with Crippen molar-refractivity contribution in [3.63, 3.8) is 0 Å². The fraction of sp³-hybridized carbons (Fsp3) is 0.667. The number of hydrogen-bond donors (Lipinski definition) is 1. The molecule has 6 heteroatoms. The molecule has 1 N–H and O–H groups in total. The van der Waals surface area contributed by atoms with Crippen LogP contribution in [0.15, 0.2) is 0 Å². The lowest BCUT2D eigenvalue weighted by atomic mass is 10.2. The molecule has 15 heavy (non-hydrogen) atoms. The second kappa shape index (κ2) is 5.57. The van der Waals surface area contributed by atoms with Gasteiger partial charge in [0.25, 0.3) is 0 Å². The van der Waals surface area contributed by atoms with Crippen molar-refractivity contribution in [3.8, 4) is 0 Å². The Hall–Kier alpha value is -1.27. The van der Waals surface area contributed by atoms with Crippen molar-refractivity contribution in [3.05, 3.63) is 11.4 Å². The van der Waals surface area contributed by atoms with Crippen LogP contribution in [0.5, 0.6) is 0 Å². The quantitative estimate of drug-likeness (QED) is 0.682. The van der Waals surface area contributed by atoms with Crippen LogP contribution in [0.1, 0.15) is 35.6 Å². The number of hydrogen-bond acceptors (Lipinski definition) is 5. The van der Waals surface area contributed by atoms with Gasteiger partial charge in [-0.1, -0.05) is 12.1 Å². The third-order valence-corrected chi connectivity index (χ3v) is 2.24. The van der Waals surface area contributed by atoms with Crippen LogP contribution in [0.2, 0.25) is 0 Å². The second-order valence-corrected chi connectivity index (χ2v) is 3.16. The maximum absolute atomic E-state index is 10.7. The Morgan fingerprint density at radius 1 is 1.67 bits per heavy atom. The van der Waals surface area contributed by atoms with Crippen molar-refractivity contribution < 1.29 is 14.6 Å². The van der Waals surface area contributed by atoms with Gasteiger partial charge in [-0.15, -0.1) is 5.10 Å². The summed E-state index contributed by atoms with van der Waals surface area (Å²) in [5, 5.41) is 16.7. The van der Waals surface area contributed by atoms with E-state index in [9.17, 15) is 4.79 Å². The number of aldehydes is 1. The molecule has 1 aromatic heterocycles. The molecule has 0 fully saturated rings. The number of rotatable bonds is 6. The number of carbonyl (C=O) groups is 1. The largest absolute Gasteiger partial charge is 0.394 e. The molecule has 0 spiro atoms. The van der Waals surface area contributed by atoms with Gasteiger partial charge in [-0.05, 0) is 6.42 Å². The van der Waals surface area contributed by atoms with Crippen molar-refractivity contribution in [2.45, 2.75) is 26.0 Å². The Morgan fingerprint density at radius 2 is 2.40 bits per heavy atom. The Bertz CT molecular complexity index is 320. The van der Waals surface area contributed by atoms with Gasteiger partial charge >= 0.3 is 0 Å². The SMILES string of the molecule is CCC(CO)n1nnc(C=O)c1COC. The van der Waals surface area contributed by atoms with Crippen LogP contribution in [0.4, 0.5) is 0 Å². The molecule has 0 saturated heterocycles. The highest BCUT2D eigenvalue weighted by atomic mass is 16.5. The second-order valence-electron chi connectivity index (χ2n) is 3.16. The van der Waals surface area contributed by atoms with E-state index in [0.29, 0.717) is 12.0 Å². The maximum Gasteiger partial charge on any atom is 0.172 e. The van der Waals surface area contributed by atoms with Gasteiger partial charge in [-0.3, -0.25) is 4.79 Å². The maximum atomic E-state index is 10.7. The van der Waals surface area contributed by atoms with Crippen LogP contribution >= 0.6 is 0 Å². The first-order chi connectivity index (χ1) is 7.28. The zero-order chi connectivity index (χ0) is 11.3. The Labute approximate surface area is 87.9 Å². The number of ether oxygens (including phenoxy) is 1. The Kier molecular flexibility index (Phi) is 4.38. The molecule has 0 bridgehead atoms. The minimum atomic E-state index is -0.156. The van der Waals surface area contributed by atoms with Gasteiger partial charge in [0.15, 0.2) is 12.0 Å². The molecule has 0 radical (unpaired) electrons. The lowest BCUT2D eigenvalue weighted by molar-refractivity contribution is 0.111. The molecule has 1 aromatic rings. The van der Waals surface area contributed by atoms with Crippen molar-refractivity contribution in [1.29, 1.82) is 0 Å². The molecule has 0 aromatic carbocycles. The van der Waals surface area contributed by atoms with Crippen LogP contribution < -0.4 is 0 Å². The molecule has 0 amide bonds. The third-order valence-electron chi connectivity index (χ3n) is 2.24. The molecule has 84 valence electrons. The van der Waals surface area contributed by atoms with Crippen LogP contribution in [0.3, 0.4) is 0 Å². The van der Waals surface area contributed by atoms with E-state index < -0.39 is 0 Å². The summed E-state index contributed by atoms with van der Waals surface area (Å²) in [5.74, 6) is 0. The molecular weight excluding hydrogens is 198 g/mol. The lowest BCUT2D eigenvalue weighted by Crippen LogP contribution is -2.17. The zero-order valence-electron chi connectivity index (χ0n) is 8.88. The van der Waals surface area contributed by atoms with Gasteiger partial charge in [0.2, 0.25) is 0 Å².